The van der Waals surface area contributed by atoms with Crippen LogP contribution in [0.25, 0.3) is 11.0 Å². The highest BCUT2D eigenvalue weighted by atomic mass is 32.2. The molecule has 9 heteroatoms. The van der Waals surface area contributed by atoms with Gasteiger partial charge in [-0.25, -0.2) is 22.6 Å². The summed E-state index contributed by atoms with van der Waals surface area (Å²) in [6.45, 7) is 1.36. The number of nitrogens with zero attached hydrogens (tertiary/aromatic N) is 2. The smallest absolute Gasteiger partial charge is 0.341 e. The number of rotatable bonds is 4. The van der Waals surface area contributed by atoms with Crippen LogP contribution < -0.4 is 5.43 Å². The number of fused-ring (bicyclic) bond motifs is 1. The van der Waals surface area contributed by atoms with E-state index in [0.29, 0.717) is 0 Å². The molecule has 1 saturated carbocycles. The number of carbonyl (C=O) groups is 1. The Morgan fingerprint density at radius 2 is 2.13 bits per heavy atom. The first-order valence-electron chi connectivity index (χ1n) is 6.97. The van der Waals surface area contributed by atoms with Crippen molar-refractivity contribution in [1.82, 2.24) is 9.55 Å². The zero-order chi connectivity index (χ0) is 16.9. The third-order valence-corrected chi connectivity index (χ3v) is 5.41. The zero-order valence-electron chi connectivity index (χ0n) is 12.1. The van der Waals surface area contributed by atoms with Crippen LogP contribution in [0.2, 0.25) is 0 Å². The summed E-state index contributed by atoms with van der Waals surface area (Å²) in [4.78, 5) is 27.2. The number of sulfone groups is 1. The highest BCUT2D eigenvalue weighted by molar-refractivity contribution is 7.91. The Morgan fingerprint density at radius 3 is 2.65 bits per heavy atom. The summed E-state index contributed by atoms with van der Waals surface area (Å²) in [5.41, 5.74) is -1.37. The molecule has 122 valence electrons. The van der Waals surface area contributed by atoms with Gasteiger partial charge in [0.25, 0.3) is 0 Å². The van der Waals surface area contributed by atoms with Gasteiger partial charge in [0.15, 0.2) is 20.7 Å². The second-order valence-corrected chi connectivity index (χ2v) is 7.56. The van der Waals surface area contributed by atoms with Gasteiger partial charge in [-0.1, -0.05) is 6.92 Å². The van der Waals surface area contributed by atoms with Gasteiger partial charge >= 0.3 is 5.97 Å². The average molecular weight is 340 g/mol. The van der Waals surface area contributed by atoms with E-state index in [1.165, 1.54) is 11.5 Å². The van der Waals surface area contributed by atoms with Crippen LogP contribution in [-0.4, -0.2) is 34.8 Å². The van der Waals surface area contributed by atoms with Crippen molar-refractivity contribution < 1.29 is 22.7 Å². The van der Waals surface area contributed by atoms with Crippen LogP contribution in [0, 0.1) is 5.82 Å². The van der Waals surface area contributed by atoms with E-state index in [1.807, 2.05) is 0 Å². The van der Waals surface area contributed by atoms with Gasteiger partial charge in [0.05, 0.1) is 11.1 Å². The highest BCUT2D eigenvalue weighted by Gasteiger charge is 2.29. The first-order chi connectivity index (χ1) is 10.8. The third kappa shape index (κ3) is 2.50. The van der Waals surface area contributed by atoms with Crippen LogP contribution in [0.3, 0.4) is 0 Å². The maximum Gasteiger partial charge on any atom is 0.341 e. The van der Waals surface area contributed by atoms with Crippen molar-refractivity contribution in [3.63, 3.8) is 0 Å². The van der Waals surface area contributed by atoms with E-state index in [2.05, 4.69) is 4.98 Å². The van der Waals surface area contributed by atoms with E-state index in [9.17, 15) is 22.4 Å². The largest absolute Gasteiger partial charge is 0.477 e. The van der Waals surface area contributed by atoms with Crippen molar-refractivity contribution in [1.29, 1.82) is 0 Å². The molecule has 2 aromatic heterocycles. The van der Waals surface area contributed by atoms with Gasteiger partial charge in [-0.2, -0.15) is 0 Å². The SMILES string of the molecule is CCS(=O)(=O)c1nc2c(cc1F)c(=O)c(C(=O)O)cn2C1CC1. The molecule has 0 spiro atoms. The van der Waals surface area contributed by atoms with Crippen molar-refractivity contribution in [2.24, 2.45) is 0 Å². The summed E-state index contributed by atoms with van der Waals surface area (Å²) in [5.74, 6) is -2.90. The maximum atomic E-state index is 14.1. The quantitative estimate of drug-likeness (QED) is 0.901. The monoisotopic (exact) mass is 340 g/mol. The highest BCUT2D eigenvalue weighted by Crippen LogP contribution is 2.36. The summed E-state index contributed by atoms with van der Waals surface area (Å²) in [5, 5.41) is 8.17. The molecule has 23 heavy (non-hydrogen) atoms. The van der Waals surface area contributed by atoms with Gasteiger partial charge < -0.3 is 9.67 Å². The van der Waals surface area contributed by atoms with Crippen LogP contribution in [0.1, 0.15) is 36.2 Å². The molecule has 0 aromatic carbocycles. The van der Waals surface area contributed by atoms with Gasteiger partial charge in [-0.05, 0) is 18.9 Å². The van der Waals surface area contributed by atoms with Crippen LogP contribution in [0.5, 0.6) is 0 Å². The molecule has 1 N–H and O–H groups in total. The molecule has 0 bridgehead atoms. The summed E-state index contributed by atoms with van der Waals surface area (Å²) in [6, 6.07) is 0.699. The number of hydrogen-bond acceptors (Lipinski definition) is 5. The lowest BCUT2D eigenvalue weighted by atomic mass is 10.2. The van der Waals surface area contributed by atoms with E-state index in [-0.39, 0.29) is 22.8 Å². The second-order valence-electron chi connectivity index (χ2n) is 5.37. The Hall–Kier alpha value is -2.29. The first kappa shape index (κ1) is 15.6. The van der Waals surface area contributed by atoms with Crippen molar-refractivity contribution in [3.8, 4) is 0 Å². The Morgan fingerprint density at radius 1 is 1.48 bits per heavy atom. The van der Waals surface area contributed by atoms with Gasteiger partial charge in [0, 0.05) is 12.2 Å². The maximum absolute atomic E-state index is 14.1. The molecule has 0 aliphatic heterocycles. The molecular formula is C14H13FN2O5S. The van der Waals surface area contributed by atoms with Gasteiger partial charge in [-0.15, -0.1) is 0 Å². The van der Waals surface area contributed by atoms with Crippen LogP contribution >= 0.6 is 0 Å². The van der Waals surface area contributed by atoms with E-state index < -0.39 is 37.6 Å². The van der Waals surface area contributed by atoms with Crippen LogP contribution in [0.4, 0.5) is 4.39 Å². The minimum atomic E-state index is -3.90. The second kappa shape index (κ2) is 5.12. The molecule has 0 atom stereocenters. The summed E-state index contributed by atoms with van der Waals surface area (Å²) < 4.78 is 39.5. The summed E-state index contributed by atoms with van der Waals surface area (Å²) in [6.07, 6.45) is 2.66. The van der Waals surface area contributed by atoms with Gasteiger partial charge in [0.1, 0.15) is 11.2 Å². The van der Waals surface area contributed by atoms with Gasteiger partial charge in [-0.3, -0.25) is 4.79 Å². The molecule has 1 aliphatic rings. The first-order valence-corrected chi connectivity index (χ1v) is 8.63. The fraction of sp³-hybridized carbons (Fsp3) is 0.357. The summed E-state index contributed by atoms with van der Waals surface area (Å²) in [7, 11) is -3.90. The summed E-state index contributed by atoms with van der Waals surface area (Å²) >= 11 is 0. The average Bonchev–Trinajstić information content (AvgIpc) is 3.31. The van der Waals surface area contributed by atoms with Crippen LogP contribution in [0.15, 0.2) is 22.1 Å². The van der Waals surface area contributed by atoms with Crippen molar-refractivity contribution in [2.45, 2.75) is 30.8 Å². The lowest BCUT2D eigenvalue weighted by Crippen LogP contribution is -2.21. The Kier molecular flexibility index (Phi) is 3.47. The number of aromatic carboxylic acids is 1. The lowest BCUT2D eigenvalue weighted by molar-refractivity contribution is 0.0695. The van der Waals surface area contributed by atoms with E-state index in [4.69, 9.17) is 5.11 Å². The fourth-order valence-corrected chi connectivity index (χ4v) is 3.22. The molecule has 2 heterocycles. The molecule has 1 fully saturated rings. The number of carboxylic acid groups (broad SMARTS) is 1. The van der Waals surface area contributed by atoms with E-state index in [1.54, 1.807) is 0 Å². The lowest BCUT2D eigenvalue weighted by Gasteiger charge is -2.12. The Labute approximate surface area is 130 Å². The van der Waals surface area contributed by atoms with Gasteiger partial charge in [0.2, 0.25) is 5.43 Å². The van der Waals surface area contributed by atoms with E-state index in [0.717, 1.165) is 25.1 Å². The Bertz CT molecular complexity index is 992. The zero-order valence-corrected chi connectivity index (χ0v) is 12.9. The molecule has 7 nitrogen and oxygen atoms in total. The molecular weight excluding hydrogens is 327 g/mol. The molecule has 0 radical (unpaired) electrons. The molecule has 0 saturated heterocycles. The van der Waals surface area contributed by atoms with E-state index >= 15 is 0 Å². The molecule has 1 aliphatic carbocycles. The number of carboxylic acids is 1. The predicted molar refractivity (Wildman–Crippen MR) is 78.9 cm³/mol. The van der Waals surface area contributed by atoms with Crippen molar-refractivity contribution in [2.75, 3.05) is 5.75 Å². The molecule has 0 amide bonds. The molecule has 2 aromatic rings. The van der Waals surface area contributed by atoms with Crippen molar-refractivity contribution in [3.05, 3.63) is 33.9 Å². The standard InChI is InChI=1S/C14H13FN2O5S/c1-2-23(21,22)13-10(15)5-8-11(18)9(14(19)20)6-17(7-3-4-7)12(8)16-13/h5-7H,2-4H2,1H3,(H,19,20). The Balaban J connectivity index is 2.44. The topological polar surface area (TPSA) is 106 Å². The number of halogens is 1. The molecule has 3 rings (SSSR count). The number of pyridine rings is 2. The van der Waals surface area contributed by atoms with Crippen molar-refractivity contribution >= 4 is 26.8 Å². The van der Waals surface area contributed by atoms with Crippen LogP contribution in [-0.2, 0) is 9.84 Å². The normalized spacial score (nSPS) is 15.0. The fourth-order valence-electron chi connectivity index (χ4n) is 2.37. The minimum absolute atomic E-state index is 0.00377. The number of aromatic nitrogens is 2. The minimum Gasteiger partial charge on any atom is -0.477 e. The predicted octanol–water partition coefficient (Wildman–Crippen LogP) is 1.36. The third-order valence-electron chi connectivity index (χ3n) is 3.77. The number of hydrogen-bond donors (Lipinski definition) is 1. The molecule has 0 unspecified atom stereocenters.